The molecule has 0 spiro atoms. The lowest BCUT2D eigenvalue weighted by Gasteiger charge is -2.18. The van der Waals surface area contributed by atoms with E-state index < -0.39 is 18.4 Å². The number of benzene rings is 1. The molecule has 0 radical (unpaired) electrons. The summed E-state index contributed by atoms with van der Waals surface area (Å²) in [5.74, 6) is -0.791. The first-order valence-electron chi connectivity index (χ1n) is 6.18. The van der Waals surface area contributed by atoms with Gasteiger partial charge in [0.05, 0.1) is 18.7 Å². The maximum Gasteiger partial charge on any atom is 0.573 e. The summed E-state index contributed by atoms with van der Waals surface area (Å²) in [6, 6.07) is 3.81. The van der Waals surface area contributed by atoms with Crippen LogP contribution in [0, 0.1) is 0 Å². The molecule has 118 valence electrons. The quantitative estimate of drug-likeness (QED) is 0.766. The van der Waals surface area contributed by atoms with Gasteiger partial charge in [0.1, 0.15) is 0 Å². The van der Waals surface area contributed by atoms with E-state index in [1.54, 1.807) is 19.9 Å². The molecule has 0 amide bonds. The maximum atomic E-state index is 12.4. The highest BCUT2D eigenvalue weighted by Crippen LogP contribution is 2.33. The number of halogens is 4. The zero-order valence-electron chi connectivity index (χ0n) is 11.5. The first-order valence-corrected chi connectivity index (χ1v) is 6.98. The van der Waals surface area contributed by atoms with Crippen LogP contribution in [0.5, 0.6) is 5.75 Å². The van der Waals surface area contributed by atoms with Crippen molar-refractivity contribution in [2.45, 2.75) is 32.7 Å². The summed E-state index contributed by atoms with van der Waals surface area (Å²) in [5.41, 5.74) is 0.146. The van der Waals surface area contributed by atoms with E-state index in [1.807, 2.05) is 0 Å². The van der Waals surface area contributed by atoms with Crippen LogP contribution >= 0.6 is 15.9 Å². The molecule has 0 aliphatic rings. The molecule has 0 aliphatic heterocycles. The second-order valence-electron chi connectivity index (χ2n) is 4.24. The molecule has 1 atom stereocenters. The van der Waals surface area contributed by atoms with E-state index in [9.17, 15) is 18.0 Å². The number of esters is 1. The van der Waals surface area contributed by atoms with Crippen LogP contribution in [0.25, 0.3) is 0 Å². The van der Waals surface area contributed by atoms with Crippen LogP contribution in [-0.4, -0.2) is 25.0 Å². The molecule has 1 aromatic carbocycles. The smallest absolute Gasteiger partial charge is 0.466 e. The van der Waals surface area contributed by atoms with Crippen LogP contribution in [0.3, 0.4) is 0 Å². The summed E-state index contributed by atoms with van der Waals surface area (Å²) in [7, 11) is 0. The second kappa shape index (κ2) is 7.53. The van der Waals surface area contributed by atoms with Gasteiger partial charge in [-0.2, -0.15) is 0 Å². The van der Waals surface area contributed by atoms with E-state index in [-0.39, 0.29) is 24.5 Å². The van der Waals surface area contributed by atoms with E-state index in [0.29, 0.717) is 4.47 Å². The molecular weight excluding hydrogens is 355 g/mol. The molecule has 0 heterocycles. The minimum absolute atomic E-state index is 0.0371. The van der Waals surface area contributed by atoms with Gasteiger partial charge in [-0.25, -0.2) is 0 Å². The van der Waals surface area contributed by atoms with Crippen molar-refractivity contribution >= 4 is 27.6 Å². The zero-order valence-corrected chi connectivity index (χ0v) is 13.0. The van der Waals surface area contributed by atoms with Crippen LogP contribution in [0.1, 0.15) is 20.3 Å². The van der Waals surface area contributed by atoms with E-state index in [1.165, 1.54) is 12.1 Å². The van der Waals surface area contributed by atoms with Gasteiger partial charge in [0.25, 0.3) is 0 Å². The monoisotopic (exact) mass is 369 g/mol. The number of carbonyl (C=O) groups excluding carboxylic acids is 1. The lowest BCUT2D eigenvalue weighted by molar-refractivity contribution is -0.274. The third-order valence-corrected chi connectivity index (χ3v) is 2.84. The van der Waals surface area contributed by atoms with Crippen LogP contribution < -0.4 is 10.1 Å². The second-order valence-corrected chi connectivity index (χ2v) is 5.16. The number of anilines is 1. The largest absolute Gasteiger partial charge is 0.573 e. The van der Waals surface area contributed by atoms with Crippen molar-refractivity contribution < 1.29 is 27.4 Å². The first-order chi connectivity index (χ1) is 9.71. The van der Waals surface area contributed by atoms with Crippen molar-refractivity contribution in [3.8, 4) is 5.75 Å². The highest BCUT2D eigenvalue weighted by atomic mass is 79.9. The van der Waals surface area contributed by atoms with Crippen molar-refractivity contribution in [1.82, 2.24) is 0 Å². The van der Waals surface area contributed by atoms with E-state index in [2.05, 4.69) is 26.0 Å². The van der Waals surface area contributed by atoms with Crippen molar-refractivity contribution in [3.63, 3.8) is 0 Å². The number of nitrogens with one attached hydrogen (secondary N) is 1. The molecule has 0 saturated heterocycles. The minimum atomic E-state index is -4.79. The third-order valence-electron chi connectivity index (χ3n) is 2.35. The minimum Gasteiger partial charge on any atom is -0.466 e. The molecular formula is C13H15BrF3NO3. The van der Waals surface area contributed by atoms with Crippen LogP contribution in [0.15, 0.2) is 22.7 Å². The fraction of sp³-hybridized carbons (Fsp3) is 0.462. The standard InChI is InChI=1S/C13H15BrF3NO3/c1-3-20-12(19)6-8(2)18-10-5-4-9(14)7-11(10)21-13(15,16)17/h4-5,7-8,18H,3,6H2,1-2H3. The number of hydrogen-bond acceptors (Lipinski definition) is 4. The summed E-state index contributed by atoms with van der Waals surface area (Å²) in [6.45, 7) is 3.60. The first kappa shape index (κ1) is 17.6. The highest BCUT2D eigenvalue weighted by molar-refractivity contribution is 9.10. The Morgan fingerprint density at radius 3 is 2.67 bits per heavy atom. The Balaban J connectivity index is 2.80. The molecule has 0 fully saturated rings. The summed E-state index contributed by atoms with van der Waals surface area (Å²) in [5, 5.41) is 2.80. The molecule has 0 aliphatic carbocycles. The fourth-order valence-electron chi connectivity index (χ4n) is 1.61. The van der Waals surface area contributed by atoms with Gasteiger partial charge in [-0.3, -0.25) is 4.79 Å². The van der Waals surface area contributed by atoms with Crippen molar-refractivity contribution in [1.29, 1.82) is 0 Å². The zero-order chi connectivity index (χ0) is 16.0. The third kappa shape index (κ3) is 6.70. The molecule has 8 heteroatoms. The van der Waals surface area contributed by atoms with Crippen molar-refractivity contribution in [2.75, 3.05) is 11.9 Å². The van der Waals surface area contributed by atoms with Gasteiger partial charge in [0.15, 0.2) is 5.75 Å². The number of ether oxygens (including phenoxy) is 2. The van der Waals surface area contributed by atoms with E-state index in [4.69, 9.17) is 4.74 Å². The highest BCUT2D eigenvalue weighted by Gasteiger charge is 2.32. The SMILES string of the molecule is CCOC(=O)CC(C)Nc1ccc(Br)cc1OC(F)(F)F. The Hall–Kier alpha value is -1.44. The lowest BCUT2D eigenvalue weighted by Crippen LogP contribution is -2.23. The summed E-state index contributed by atoms with van der Waals surface area (Å²) >= 11 is 3.08. The van der Waals surface area contributed by atoms with Gasteiger partial charge in [0, 0.05) is 10.5 Å². The number of rotatable bonds is 6. The van der Waals surface area contributed by atoms with Crippen LogP contribution in [0.2, 0.25) is 0 Å². The Labute approximate surface area is 128 Å². The molecule has 0 aromatic heterocycles. The van der Waals surface area contributed by atoms with Gasteiger partial charge in [0.2, 0.25) is 0 Å². The van der Waals surface area contributed by atoms with Gasteiger partial charge in [-0.05, 0) is 32.0 Å². The molecule has 4 nitrogen and oxygen atoms in total. The maximum absolute atomic E-state index is 12.4. The predicted octanol–water partition coefficient (Wildman–Crippen LogP) is 4.10. The van der Waals surface area contributed by atoms with Crippen LogP contribution in [-0.2, 0) is 9.53 Å². The van der Waals surface area contributed by atoms with Crippen molar-refractivity contribution in [3.05, 3.63) is 22.7 Å². The molecule has 1 aromatic rings. The summed E-state index contributed by atoms with van der Waals surface area (Å²) < 4.78 is 46.3. The van der Waals surface area contributed by atoms with Gasteiger partial charge < -0.3 is 14.8 Å². The molecule has 1 unspecified atom stereocenters. The van der Waals surface area contributed by atoms with Gasteiger partial charge in [-0.15, -0.1) is 13.2 Å². The summed E-state index contributed by atoms with van der Waals surface area (Å²) in [6.07, 6.45) is -4.75. The normalized spacial score (nSPS) is 12.7. The molecule has 21 heavy (non-hydrogen) atoms. The fourth-order valence-corrected chi connectivity index (χ4v) is 1.95. The molecule has 0 bridgehead atoms. The van der Waals surface area contributed by atoms with Gasteiger partial charge >= 0.3 is 12.3 Å². The lowest BCUT2D eigenvalue weighted by atomic mass is 10.2. The molecule has 1 N–H and O–H groups in total. The van der Waals surface area contributed by atoms with E-state index in [0.717, 1.165) is 0 Å². The predicted molar refractivity (Wildman–Crippen MR) is 75.2 cm³/mol. The van der Waals surface area contributed by atoms with E-state index >= 15 is 0 Å². The van der Waals surface area contributed by atoms with Crippen molar-refractivity contribution in [2.24, 2.45) is 0 Å². The number of alkyl halides is 3. The average Bonchev–Trinajstić information content (AvgIpc) is 2.30. The van der Waals surface area contributed by atoms with Crippen LogP contribution in [0.4, 0.5) is 18.9 Å². The molecule has 0 saturated carbocycles. The Bertz CT molecular complexity index is 494. The number of hydrogen-bond donors (Lipinski definition) is 1. The Kier molecular flexibility index (Phi) is 6.32. The average molecular weight is 370 g/mol. The Morgan fingerprint density at radius 1 is 1.43 bits per heavy atom. The summed E-state index contributed by atoms with van der Waals surface area (Å²) in [4.78, 5) is 11.3. The topological polar surface area (TPSA) is 47.6 Å². The molecule has 1 rings (SSSR count). The Morgan fingerprint density at radius 2 is 2.10 bits per heavy atom. The van der Waals surface area contributed by atoms with Gasteiger partial charge in [-0.1, -0.05) is 15.9 Å². The number of carbonyl (C=O) groups is 1.